The van der Waals surface area contributed by atoms with Crippen LogP contribution in [0.15, 0.2) is 16.6 Å². The molecule has 0 bridgehead atoms. The fraction of sp³-hybridized carbons (Fsp3) is 0.333. The van der Waals surface area contributed by atoms with E-state index in [9.17, 15) is 4.79 Å². The van der Waals surface area contributed by atoms with Gasteiger partial charge < -0.3 is 9.47 Å². The first-order valence-electron chi connectivity index (χ1n) is 5.05. The lowest BCUT2D eigenvalue weighted by Crippen LogP contribution is -2.09. The van der Waals surface area contributed by atoms with E-state index in [0.29, 0.717) is 28.0 Å². The number of rotatable bonds is 4. The molecule has 0 fully saturated rings. The second-order valence-corrected chi connectivity index (χ2v) is 4.05. The Kier molecular flexibility index (Phi) is 4.98. The van der Waals surface area contributed by atoms with E-state index in [2.05, 4.69) is 15.9 Å². The van der Waals surface area contributed by atoms with E-state index in [4.69, 9.17) is 14.7 Å². The van der Waals surface area contributed by atoms with Crippen LogP contribution in [0.1, 0.15) is 18.1 Å². The van der Waals surface area contributed by atoms with Gasteiger partial charge in [0.2, 0.25) is 0 Å². The molecule has 0 radical (unpaired) electrons. The third-order valence-corrected chi connectivity index (χ3v) is 2.92. The Morgan fingerprint density at radius 2 is 2.24 bits per heavy atom. The molecule has 1 rings (SSSR count). The summed E-state index contributed by atoms with van der Waals surface area (Å²) < 4.78 is 10.6. The third kappa shape index (κ3) is 3.21. The largest absolute Gasteiger partial charge is 0.495 e. The Balaban J connectivity index is 3.13. The van der Waals surface area contributed by atoms with Crippen LogP contribution < -0.4 is 4.74 Å². The summed E-state index contributed by atoms with van der Waals surface area (Å²) in [6.07, 6.45) is 0.0501. The molecule has 0 heterocycles. The maximum atomic E-state index is 11.4. The van der Waals surface area contributed by atoms with E-state index >= 15 is 0 Å². The number of halogens is 1. The zero-order chi connectivity index (χ0) is 12.8. The zero-order valence-corrected chi connectivity index (χ0v) is 11.2. The van der Waals surface area contributed by atoms with Crippen LogP contribution in [0.4, 0.5) is 0 Å². The number of carbonyl (C=O) groups is 1. The van der Waals surface area contributed by atoms with E-state index in [1.807, 2.05) is 6.07 Å². The predicted molar refractivity (Wildman–Crippen MR) is 65.7 cm³/mol. The summed E-state index contributed by atoms with van der Waals surface area (Å²) in [5.74, 6) is 0.0907. The SMILES string of the molecule is CCOC(=O)Cc1c(Br)ccc(OC)c1C#N. The summed E-state index contributed by atoms with van der Waals surface area (Å²) in [6, 6.07) is 5.46. The first kappa shape index (κ1) is 13.5. The summed E-state index contributed by atoms with van der Waals surface area (Å²) in [4.78, 5) is 11.4. The first-order valence-corrected chi connectivity index (χ1v) is 5.84. The fourth-order valence-electron chi connectivity index (χ4n) is 1.42. The first-order chi connectivity index (χ1) is 8.13. The minimum atomic E-state index is -0.363. The Labute approximate surface area is 108 Å². The van der Waals surface area contributed by atoms with Crippen LogP contribution in [0.3, 0.4) is 0 Å². The highest BCUT2D eigenvalue weighted by Gasteiger charge is 2.16. The van der Waals surface area contributed by atoms with E-state index < -0.39 is 0 Å². The van der Waals surface area contributed by atoms with Gasteiger partial charge in [0, 0.05) is 4.47 Å². The van der Waals surface area contributed by atoms with Crippen molar-refractivity contribution >= 4 is 21.9 Å². The number of hydrogen-bond acceptors (Lipinski definition) is 4. The highest BCUT2D eigenvalue weighted by molar-refractivity contribution is 9.10. The molecule has 4 nitrogen and oxygen atoms in total. The van der Waals surface area contributed by atoms with Crippen LogP contribution in [0, 0.1) is 11.3 Å². The van der Waals surface area contributed by atoms with Crippen LogP contribution in [-0.2, 0) is 16.0 Å². The molecule has 1 aromatic rings. The van der Waals surface area contributed by atoms with E-state index in [-0.39, 0.29) is 12.4 Å². The van der Waals surface area contributed by atoms with Gasteiger partial charge in [-0.3, -0.25) is 4.79 Å². The van der Waals surface area contributed by atoms with E-state index in [1.165, 1.54) is 7.11 Å². The minimum Gasteiger partial charge on any atom is -0.495 e. The summed E-state index contributed by atoms with van der Waals surface area (Å²) >= 11 is 3.32. The summed E-state index contributed by atoms with van der Waals surface area (Å²) in [6.45, 7) is 2.06. The van der Waals surface area contributed by atoms with Crippen molar-refractivity contribution in [1.29, 1.82) is 5.26 Å². The van der Waals surface area contributed by atoms with Crippen LogP contribution in [0.2, 0.25) is 0 Å². The molecule has 0 spiro atoms. The van der Waals surface area contributed by atoms with Crippen molar-refractivity contribution in [2.24, 2.45) is 0 Å². The molecule has 1 aromatic carbocycles. The Morgan fingerprint density at radius 1 is 1.53 bits per heavy atom. The number of nitriles is 1. The molecule has 0 N–H and O–H groups in total. The van der Waals surface area contributed by atoms with Gasteiger partial charge in [-0.05, 0) is 24.6 Å². The third-order valence-electron chi connectivity index (χ3n) is 2.18. The van der Waals surface area contributed by atoms with Crippen LogP contribution in [0.5, 0.6) is 5.75 Å². The van der Waals surface area contributed by atoms with Crippen LogP contribution >= 0.6 is 15.9 Å². The molecule has 0 amide bonds. The summed E-state index contributed by atoms with van der Waals surface area (Å²) in [7, 11) is 1.48. The lowest BCUT2D eigenvalue weighted by atomic mass is 10.0. The molecule has 5 heteroatoms. The summed E-state index contributed by atoms with van der Waals surface area (Å²) in [5, 5.41) is 9.09. The fourth-order valence-corrected chi connectivity index (χ4v) is 1.89. The standard InChI is InChI=1S/C12H12BrNO3/c1-3-17-12(15)6-8-9(7-14)11(16-2)5-4-10(8)13/h4-5H,3,6H2,1-2H3. The van der Waals surface area contributed by atoms with Gasteiger partial charge in [0.25, 0.3) is 0 Å². The highest BCUT2D eigenvalue weighted by Crippen LogP contribution is 2.29. The second kappa shape index (κ2) is 6.26. The van der Waals surface area contributed by atoms with Gasteiger partial charge in [0.05, 0.1) is 25.7 Å². The molecule has 0 unspecified atom stereocenters. The molecular weight excluding hydrogens is 286 g/mol. The van der Waals surface area contributed by atoms with Gasteiger partial charge in [-0.2, -0.15) is 5.26 Å². The zero-order valence-electron chi connectivity index (χ0n) is 9.62. The van der Waals surface area contributed by atoms with E-state index in [0.717, 1.165) is 0 Å². The van der Waals surface area contributed by atoms with Crippen LogP contribution in [-0.4, -0.2) is 19.7 Å². The molecular formula is C12H12BrNO3. The molecule has 0 aliphatic heterocycles. The second-order valence-electron chi connectivity index (χ2n) is 3.20. The number of methoxy groups -OCH3 is 1. The molecule has 0 atom stereocenters. The van der Waals surface area contributed by atoms with Gasteiger partial charge in [-0.1, -0.05) is 15.9 Å². The topological polar surface area (TPSA) is 59.3 Å². The average molecular weight is 298 g/mol. The molecule has 0 saturated heterocycles. The molecule has 0 aliphatic rings. The van der Waals surface area contributed by atoms with Gasteiger partial charge >= 0.3 is 5.97 Å². The van der Waals surface area contributed by atoms with Crippen molar-refractivity contribution in [3.63, 3.8) is 0 Å². The quantitative estimate of drug-likeness (QED) is 0.801. The van der Waals surface area contributed by atoms with Gasteiger partial charge in [-0.25, -0.2) is 0 Å². The van der Waals surface area contributed by atoms with Crippen molar-refractivity contribution in [2.75, 3.05) is 13.7 Å². The van der Waals surface area contributed by atoms with Crippen LogP contribution in [0.25, 0.3) is 0 Å². The van der Waals surface area contributed by atoms with Gasteiger partial charge in [0.1, 0.15) is 11.8 Å². The normalized spacial score (nSPS) is 9.53. The minimum absolute atomic E-state index is 0.0501. The van der Waals surface area contributed by atoms with Crippen molar-refractivity contribution in [3.8, 4) is 11.8 Å². The lowest BCUT2D eigenvalue weighted by Gasteiger charge is -2.10. The molecule has 0 aromatic heterocycles. The summed E-state index contributed by atoms with van der Waals surface area (Å²) in [5.41, 5.74) is 0.945. The van der Waals surface area contributed by atoms with Crippen molar-refractivity contribution in [3.05, 3.63) is 27.7 Å². The maximum Gasteiger partial charge on any atom is 0.310 e. The monoisotopic (exact) mass is 297 g/mol. The maximum absolute atomic E-state index is 11.4. The average Bonchev–Trinajstić information content (AvgIpc) is 2.31. The number of hydrogen-bond donors (Lipinski definition) is 0. The number of nitrogens with zero attached hydrogens (tertiary/aromatic N) is 1. The number of carbonyl (C=O) groups excluding carboxylic acids is 1. The van der Waals surface area contributed by atoms with Crippen molar-refractivity contribution in [1.82, 2.24) is 0 Å². The van der Waals surface area contributed by atoms with Crippen molar-refractivity contribution < 1.29 is 14.3 Å². The highest BCUT2D eigenvalue weighted by atomic mass is 79.9. The Bertz CT molecular complexity index is 466. The molecule has 0 aliphatic carbocycles. The number of benzene rings is 1. The lowest BCUT2D eigenvalue weighted by molar-refractivity contribution is -0.142. The number of ether oxygens (including phenoxy) is 2. The smallest absolute Gasteiger partial charge is 0.310 e. The number of esters is 1. The van der Waals surface area contributed by atoms with Crippen molar-refractivity contribution in [2.45, 2.75) is 13.3 Å². The molecule has 0 saturated carbocycles. The Hall–Kier alpha value is -1.54. The van der Waals surface area contributed by atoms with E-state index in [1.54, 1.807) is 19.1 Å². The molecule has 17 heavy (non-hydrogen) atoms. The van der Waals surface area contributed by atoms with Gasteiger partial charge in [0.15, 0.2) is 0 Å². The predicted octanol–water partition coefficient (Wildman–Crippen LogP) is 2.43. The Morgan fingerprint density at radius 3 is 2.76 bits per heavy atom. The van der Waals surface area contributed by atoms with Gasteiger partial charge in [-0.15, -0.1) is 0 Å². The molecule has 90 valence electrons.